The molecule has 7 bridgehead atoms. The Morgan fingerprint density at radius 1 is 1.10 bits per heavy atom. The van der Waals surface area contributed by atoms with Gasteiger partial charge < -0.3 is 29.2 Å². The lowest BCUT2D eigenvalue weighted by Crippen LogP contribution is -2.76. The smallest absolute Gasteiger partial charge is 0.338 e. The number of piperidine rings is 1. The molecule has 2 N–H and O–H groups in total. The van der Waals surface area contributed by atoms with Gasteiger partial charge in [0.2, 0.25) is 0 Å². The number of benzene rings is 1. The molecule has 1 aromatic rings. The number of hydrogen-bond donors (Lipinski definition) is 2. The maximum absolute atomic E-state index is 13.9. The van der Waals surface area contributed by atoms with Crippen LogP contribution in [0.4, 0.5) is 0 Å². The summed E-state index contributed by atoms with van der Waals surface area (Å²) < 4.78 is 25.3. The number of esters is 1. The van der Waals surface area contributed by atoms with Crippen LogP contribution in [0.2, 0.25) is 0 Å². The van der Waals surface area contributed by atoms with E-state index < -0.39 is 23.2 Å². The van der Waals surface area contributed by atoms with Crippen molar-refractivity contribution in [1.82, 2.24) is 4.90 Å². The summed E-state index contributed by atoms with van der Waals surface area (Å²) in [4.78, 5) is 16.4. The summed E-state index contributed by atoms with van der Waals surface area (Å²) >= 11 is 0. The second-order valence-corrected chi connectivity index (χ2v) is 13.3. The van der Waals surface area contributed by atoms with Crippen molar-refractivity contribution in [3.63, 3.8) is 0 Å². The fourth-order valence-corrected chi connectivity index (χ4v) is 11.6. The van der Waals surface area contributed by atoms with Gasteiger partial charge in [-0.3, -0.25) is 4.90 Å². The molecule has 8 nitrogen and oxygen atoms in total. The number of aliphatic hydroxyl groups excluding tert-OH is 2. The molecular formula is C31H43NO7. The van der Waals surface area contributed by atoms with Crippen LogP contribution in [0.15, 0.2) is 30.3 Å². The summed E-state index contributed by atoms with van der Waals surface area (Å²) in [6, 6.07) is 9.13. The zero-order chi connectivity index (χ0) is 27.3. The van der Waals surface area contributed by atoms with Gasteiger partial charge in [0.25, 0.3) is 0 Å². The first kappa shape index (κ1) is 26.4. The molecule has 1 saturated heterocycles. The van der Waals surface area contributed by atoms with Crippen LogP contribution >= 0.6 is 0 Å². The summed E-state index contributed by atoms with van der Waals surface area (Å²) in [5.74, 6) is -0.883. The van der Waals surface area contributed by atoms with E-state index in [1.165, 1.54) is 0 Å². The number of methoxy groups -OCH3 is 3. The van der Waals surface area contributed by atoms with Crippen LogP contribution in [0, 0.1) is 40.4 Å². The van der Waals surface area contributed by atoms with E-state index in [0.717, 1.165) is 25.9 Å². The SMILES string of the molecule is CCN1C[C@]2(COC)CC[C@H](O)[C@@]34[C@@H]5C[C@H]6[C@H](O)[C@@H]5[C@](OC(=O)c5ccccc5)(C[C@@H]6OC)C([C@H](OC)[C@H]23)[C@@H]14. The summed E-state index contributed by atoms with van der Waals surface area (Å²) in [7, 11) is 5.25. The molecule has 1 heterocycles. The number of carbonyl (C=O) groups excluding carboxylic acids is 1. The summed E-state index contributed by atoms with van der Waals surface area (Å²) in [5.41, 5.74) is -1.12. The maximum atomic E-state index is 13.9. The molecule has 39 heavy (non-hydrogen) atoms. The van der Waals surface area contributed by atoms with E-state index in [1.807, 2.05) is 18.2 Å². The Labute approximate surface area is 230 Å². The van der Waals surface area contributed by atoms with Crippen molar-refractivity contribution in [3.8, 4) is 0 Å². The maximum Gasteiger partial charge on any atom is 0.338 e. The lowest BCUT2D eigenvalue weighted by atomic mass is 9.43. The lowest BCUT2D eigenvalue weighted by Gasteiger charge is -2.69. The number of nitrogens with zero attached hydrogens (tertiary/aromatic N) is 1. The van der Waals surface area contributed by atoms with Gasteiger partial charge in [-0.05, 0) is 43.9 Å². The fourth-order valence-electron chi connectivity index (χ4n) is 11.6. The number of fused-ring (bicyclic) bond motifs is 2. The largest absolute Gasteiger partial charge is 0.454 e. The van der Waals surface area contributed by atoms with Crippen molar-refractivity contribution < 1.29 is 34.0 Å². The van der Waals surface area contributed by atoms with Gasteiger partial charge in [-0.2, -0.15) is 0 Å². The van der Waals surface area contributed by atoms with Crippen LogP contribution in [0.25, 0.3) is 0 Å². The first-order valence-corrected chi connectivity index (χ1v) is 14.8. The highest BCUT2D eigenvalue weighted by atomic mass is 16.6. The minimum atomic E-state index is -0.977. The summed E-state index contributed by atoms with van der Waals surface area (Å²) in [6.45, 7) is 4.48. The second kappa shape index (κ2) is 8.97. The van der Waals surface area contributed by atoms with Gasteiger partial charge in [-0.1, -0.05) is 25.1 Å². The number of aliphatic hydroxyl groups is 2. The molecule has 13 atom stereocenters. The van der Waals surface area contributed by atoms with Gasteiger partial charge in [0.15, 0.2) is 0 Å². The standard InChI is InChI=1S/C31H43NO7/c1-5-32-15-29(16-36-2)12-11-21(33)31-19-13-18-20(37-3)14-30(22(19)24(18)34,23(27(31)32)25(38-4)26(29)31)39-28(35)17-9-7-6-8-10-17/h6-10,18-27,33-34H,5,11-16H2,1-4H3/t18-,19-,20+,21+,22-,23?,24+,25+,26-,27-,29+,30-,31+/m1/s1. The Bertz CT molecular complexity index is 1120. The van der Waals surface area contributed by atoms with Gasteiger partial charge >= 0.3 is 5.97 Å². The van der Waals surface area contributed by atoms with E-state index in [9.17, 15) is 15.0 Å². The Morgan fingerprint density at radius 3 is 2.54 bits per heavy atom. The normalized spacial score (nSPS) is 51.1. The molecule has 214 valence electrons. The van der Waals surface area contributed by atoms with Gasteiger partial charge in [-0.25, -0.2) is 4.79 Å². The third kappa shape index (κ3) is 3.03. The van der Waals surface area contributed by atoms with Gasteiger partial charge in [0.1, 0.15) is 5.60 Å². The van der Waals surface area contributed by atoms with Crippen molar-refractivity contribution >= 4 is 5.97 Å². The molecule has 5 aliphatic carbocycles. The molecule has 0 amide bonds. The highest BCUT2D eigenvalue weighted by Gasteiger charge is 2.87. The Hall–Kier alpha value is -1.55. The lowest BCUT2D eigenvalue weighted by molar-refractivity contribution is -0.271. The first-order valence-electron chi connectivity index (χ1n) is 14.8. The van der Waals surface area contributed by atoms with E-state index in [-0.39, 0.29) is 59.2 Å². The third-order valence-electron chi connectivity index (χ3n) is 12.4. The van der Waals surface area contributed by atoms with E-state index >= 15 is 0 Å². The topological polar surface area (TPSA) is 97.7 Å². The van der Waals surface area contributed by atoms with Crippen LogP contribution in [0.1, 0.15) is 43.0 Å². The van der Waals surface area contributed by atoms with E-state index in [0.29, 0.717) is 25.0 Å². The number of rotatable bonds is 7. The van der Waals surface area contributed by atoms with Crippen LogP contribution < -0.4 is 0 Å². The zero-order valence-corrected chi connectivity index (χ0v) is 23.5. The van der Waals surface area contributed by atoms with Crippen molar-refractivity contribution in [1.29, 1.82) is 0 Å². The predicted octanol–water partition coefficient (Wildman–Crippen LogP) is 2.37. The Balaban J connectivity index is 1.47. The molecule has 1 aliphatic heterocycles. The van der Waals surface area contributed by atoms with E-state index in [1.54, 1.807) is 33.5 Å². The van der Waals surface area contributed by atoms with Crippen LogP contribution in [-0.4, -0.2) is 98.2 Å². The predicted molar refractivity (Wildman–Crippen MR) is 142 cm³/mol. The average Bonchev–Trinajstić information content (AvgIpc) is 3.35. The second-order valence-electron chi connectivity index (χ2n) is 13.3. The fraction of sp³-hybridized carbons (Fsp3) is 0.774. The Kier molecular flexibility index (Phi) is 6.06. The molecular weight excluding hydrogens is 498 g/mol. The van der Waals surface area contributed by atoms with Crippen molar-refractivity contribution in [2.24, 2.45) is 40.4 Å². The quantitative estimate of drug-likeness (QED) is 0.508. The van der Waals surface area contributed by atoms with Crippen LogP contribution in [0.5, 0.6) is 0 Å². The highest BCUT2D eigenvalue weighted by Crippen LogP contribution is 2.79. The highest BCUT2D eigenvalue weighted by molar-refractivity contribution is 5.89. The molecule has 7 rings (SSSR count). The van der Waals surface area contributed by atoms with Crippen LogP contribution in [-0.2, 0) is 18.9 Å². The molecule has 6 fully saturated rings. The van der Waals surface area contributed by atoms with Gasteiger partial charge in [-0.15, -0.1) is 0 Å². The molecule has 1 spiro atoms. The number of likely N-dealkylation sites (tertiary alicyclic amines) is 1. The number of carbonyl (C=O) groups is 1. The van der Waals surface area contributed by atoms with Gasteiger partial charge in [0.05, 0.1) is 36.6 Å². The zero-order valence-electron chi connectivity index (χ0n) is 23.5. The number of ether oxygens (including phenoxy) is 4. The third-order valence-corrected chi connectivity index (χ3v) is 12.4. The minimum Gasteiger partial charge on any atom is -0.454 e. The summed E-state index contributed by atoms with van der Waals surface area (Å²) in [5, 5.41) is 24.2. The molecule has 5 saturated carbocycles. The van der Waals surface area contributed by atoms with Crippen molar-refractivity contribution in [3.05, 3.63) is 35.9 Å². The van der Waals surface area contributed by atoms with E-state index in [4.69, 9.17) is 18.9 Å². The van der Waals surface area contributed by atoms with Crippen LogP contribution in [0.3, 0.4) is 0 Å². The average molecular weight is 542 g/mol. The van der Waals surface area contributed by atoms with Crippen molar-refractivity contribution in [2.75, 3.05) is 41.0 Å². The molecule has 0 aromatic heterocycles. The molecule has 0 radical (unpaired) electrons. The molecule has 1 aromatic carbocycles. The molecule has 1 unspecified atom stereocenters. The molecule has 6 aliphatic rings. The monoisotopic (exact) mass is 541 g/mol. The van der Waals surface area contributed by atoms with E-state index in [2.05, 4.69) is 11.8 Å². The molecule has 8 heteroatoms. The van der Waals surface area contributed by atoms with Crippen molar-refractivity contribution in [2.45, 2.75) is 68.7 Å². The number of hydrogen-bond acceptors (Lipinski definition) is 8. The summed E-state index contributed by atoms with van der Waals surface area (Å²) in [6.07, 6.45) is 1.19. The first-order chi connectivity index (χ1) is 18.8. The minimum absolute atomic E-state index is 0.0199. The Morgan fingerprint density at radius 2 is 1.87 bits per heavy atom. The van der Waals surface area contributed by atoms with Gasteiger partial charge in [0, 0.05) is 74.8 Å².